The second-order valence-corrected chi connectivity index (χ2v) is 5.45. The summed E-state index contributed by atoms with van der Waals surface area (Å²) < 4.78 is 50.4. The summed E-state index contributed by atoms with van der Waals surface area (Å²) in [6.07, 6.45) is -4.70. The van der Waals surface area contributed by atoms with E-state index in [4.69, 9.17) is 15.2 Å². The van der Waals surface area contributed by atoms with Gasteiger partial charge in [-0.25, -0.2) is 0 Å². The monoisotopic (exact) mass is 323 g/mol. The Morgan fingerprint density at radius 1 is 1.17 bits per heavy atom. The zero-order valence-corrected chi connectivity index (χ0v) is 12.5. The molecule has 0 radical (unpaired) electrons. The van der Waals surface area contributed by atoms with E-state index in [0.29, 0.717) is 29.2 Å². The molecule has 0 bridgehead atoms. The number of fused-ring (bicyclic) bond motifs is 1. The van der Waals surface area contributed by atoms with E-state index in [9.17, 15) is 13.2 Å². The largest absolute Gasteiger partial charge is 0.486 e. The normalized spacial score (nSPS) is 17.2. The Morgan fingerprint density at radius 2 is 1.96 bits per heavy atom. The number of nitrogens with two attached hydrogens (primary N) is 1. The Kier molecular flexibility index (Phi) is 3.93. The van der Waals surface area contributed by atoms with E-state index < -0.39 is 11.7 Å². The number of hydrogen-bond donors (Lipinski definition) is 1. The van der Waals surface area contributed by atoms with Crippen molar-refractivity contribution in [2.75, 3.05) is 13.2 Å². The molecule has 3 nitrogen and oxygen atoms in total. The SMILES string of the molecule is Cc1ccc(C(F)(F)F)cc1-c1cccc2c1O[C@@H](CN)CO2. The van der Waals surface area contributed by atoms with Crippen molar-refractivity contribution < 1.29 is 22.6 Å². The van der Waals surface area contributed by atoms with Gasteiger partial charge in [0.1, 0.15) is 12.7 Å². The minimum atomic E-state index is -4.39. The number of para-hydroxylation sites is 1. The first-order valence-corrected chi connectivity index (χ1v) is 7.21. The van der Waals surface area contributed by atoms with Crippen LogP contribution in [0.4, 0.5) is 13.2 Å². The molecule has 1 aliphatic heterocycles. The lowest BCUT2D eigenvalue weighted by Gasteiger charge is -2.27. The van der Waals surface area contributed by atoms with Crippen molar-refractivity contribution in [3.63, 3.8) is 0 Å². The average Bonchev–Trinajstić information content (AvgIpc) is 2.53. The van der Waals surface area contributed by atoms with Crippen LogP contribution in [0.2, 0.25) is 0 Å². The van der Waals surface area contributed by atoms with E-state index in [1.807, 2.05) is 0 Å². The minimum Gasteiger partial charge on any atom is -0.486 e. The highest BCUT2D eigenvalue weighted by Crippen LogP contribution is 2.43. The number of halogens is 3. The average molecular weight is 323 g/mol. The quantitative estimate of drug-likeness (QED) is 0.915. The summed E-state index contributed by atoms with van der Waals surface area (Å²) in [4.78, 5) is 0. The van der Waals surface area contributed by atoms with Crippen molar-refractivity contribution in [2.24, 2.45) is 5.73 Å². The smallest absolute Gasteiger partial charge is 0.416 e. The summed E-state index contributed by atoms with van der Waals surface area (Å²) in [5.74, 6) is 0.959. The van der Waals surface area contributed by atoms with Crippen LogP contribution in [0.1, 0.15) is 11.1 Å². The van der Waals surface area contributed by atoms with Crippen LogP contribution in [0.3, 0.4) is 0 Å². The van der Waals surface area contributed by atoms with E-state index in [0.717, 1.165) is 17.7 Å². The molecule has 0 fully saturated rings. The molecule has 0 unspecified atom stereocenters. The maximum Gasteiger partial charge on any atom is 0.416 e. The molecule has 0 spiro atoms. The maximum absolute atomic E-state index is 13.0. The molecule has 2 N–H and O–H groups in total. The number of alkyl halides is 3. The van der Waals surface area contributed by atoms with Crippen molar-refractivity contribution in [2.45, 2.75) is 19.2 Å². The Bertz CT molecular complexity index is 728. The van der Waals surface area contributed by atoms with E-state index in [-0.39, 0.29) is 12.6 Å². The van der Waals surface area contributed by atoms with Crippen LogP contribution in [-0.4, -0.2) is 19.3 Å². The molecule has 2 aromatic rings. The van der Waals surface area contributed by atoms with Crippen molar-refractivity contribution in [1.82, 2.24) is 0 Å². The first kappa shape index (κ1) is 15.7. The lowest BCUT2D eigenvalue weighted by atomic mass is 9.96. The van der Waals surface area contributed by atoms with Gasteiger partial charge >= 0.3 is 6.18 Å². The van der Waals surface area contributed by atoms with E-state index in [1.165, 1.54) is 6.07 Å². The van der Waals surface area contributed by atoms with Gasteiger partial charge < -0.3 is 15.2 Å². The fraction of sp³-hybridized carbons (Fsp3) is 0.294. The third kappa shape index (κ3) is 2.99. The molecule has 23 heavy (non-hydrogen) atoms. The van der Waals surface area contributed by atoms with Crippen molar-refractivity contribution in [1.29, 1.82) is 0 Å². The highest BCUT2D eigenvalue weighted by Gasteiger charge is 2.31. The number of aryl methyl sites for hydroxylation is 1. The molecule has 0 saturated heterocycles. The Balaban J connectivity index is 2.13. The molecule has 1 heterocycles. The maximum atomic E-state index is 13.0. The fourth-order valence-electron chi connectivity index (χ4n) is 2.55. The van der Waals surface area contributed by atoms with Gasteiger partial charge in [-0.1, -0.05) is 18.2 Å². The third-order valence-electron chi connectivity index (χ3n) is 3.81. The molecule has 0 aromatic heterocycles. The standard InChI is InChI=1S/C17H16F3NO2/c1-10-5-6-11(17(18,19)20)7-14(10)13-3-2-4-15-16(13)23-12(8-21)9-22-15/h2-7,12H,8-9,21H2,1H3/t12-/m0/s1. The predicted molar refractivity (Wildman–Crippen MR) is 80.6 cm³/mol. The number of benzene rings is 2. The van der Waals surface area contributed by atoms with Crippen LogP contribution >= 0.6 is 0 Å². The summed E-state index contributed by atoms with van der Waals surface area (Å²) in [5, 5.41) is 0. The van der Waals surface area contributed by atoms with Gasteiger partial charge in [-0.15, -0.1) is 0 Å². The molecule has 122 valence electrons. The Morgan fingerprint density at radius 3 is 2.65 bits per heavy atom. The van der Waals surface area contributed by atoms with Crippen LogP contribution < -0.4 is 15.2 Å². The third-order valence-corrected chi connectivity index (χ3v) is 3.81. The van der Waals surface area contributed by atoms with E-state index in [2.05, 4.69) is 0 Å². The number of ether oxygens (including phenoxy) is 2. The van der Waals surface area contributed by atoms with Crippen LogP contribution in [0.15, 0.2) is 36.4 Å². The van der Waals surface area contributed by atoms with E-state index >= 15 is 0 Å². The summed E-state index contributed by atoms with van der Waals surface area (Å²) in [7, 11) is 0. The van der Waals surface area contributed by atoms with Crippen LogP contribution in [0.5, 0.6) is 11.5 Å². The van der Waals surface area contributed by atoms with Crippen LogP contribution in [-0.2, 0) is 6.18 Å². The first-order valence-electron chi connectivity index (χ1n) is 7.21. The van der Waals surface area contributed by atoms with Gasteiger partial charge in [0.15, 0.2) is 11.5 Å². The van der Waals surface area contributed by atoms with Gasteiger partial charge in [-0.2, -0.15) is 13.2 Å². The van der Waals surface area contributed by atoms with Gasteiger partial charge in [0, 0.05) is 12.1 Å². The lowest BCUT2D eigenvalue weighted by Crippen LogP contribution is -2.35. The molecule has 0 aliphatic carbocycles. The van der Waals surface area contributed by atoms with Gasteiger partial charge in [0.2, 0.25) is 0 Å². The second-order valence-electron chi connectivity index (χ2n) is 5.45. The highest BCUT2D eigenvalue weighted by molar-refractivity contribution is 5.77. The minimum absolute atomic E-state index is 0.273. The molecular formula is C17H16F3NO2. The molecule has 1 atom stereocenters. The summed E-state index contributed by atoms with van der Waals surface area (Å²) in [6, 6.07) is 8.87. The van der Waals surface area contributed by atoms with Crippen LogP contribution in [0, 0.1) is 6.92 Å². The first-order chi connectivity index (χ1) is 10.9. The fourth-order valence-corrected chi connectivity index (χ4v) is 2.55. The topological polar surface area (TPSA) is 44.5 Å². The Labute approximate surface area is 131 Å². The molecular weight excluding hydrogens is 307 g/mol. The van der Waals surface area contributed by atoms with Gasteiger partial charge in [0.05, 0.1) is 5.56 Å². The predicted octanol–water partition coefficient (Wildman–Crippen LogP) is 3.78. The summed E-state index contributed by atoms with van der Waals surface area (Å²) in [6.45, 7) is 2.36. The Hall–Kier alpha value is -2.21. The number of rotatable bonds is 2. The molecule has 3 rings (SSSR count). The molecule has 1 aliphatic rings. The van der Waals surface area contributed by atoms with Gasteiger partial charge in [0.25, 0.3) is 0 Å². The molecule has 2 aromatic carbocycles. The van der Waals surface area contributed by atoms with Gasteiger partial charge in [-0.05, 0) is 36.2 Å². The number of hydrogen-bond acceptors (Lipinski definition) is 3. The summed E-state index contributed by atoms with van der Waals surface area (Å²) in [5.41, 5.74) is 6.69. The van der Waals surface area contributed by atoms with Crippen molar-refractivity contribution >= 4 is 0 Å². The zero-order chi connectivity index (χ0) is 16.6. The molecule has 6 heteroatoms. The second kappa shape index (κ2) is 5.77. The highest BCUT2D eigenvalue weighted by atomic mass is 19.4. The van der Waals surface area contributed by atoms with Gasteiger partial charge in [-0.3, -0.25) is 0 Å². The molecule has 0 amide bonds. The van der Waals surface area contributed by atoms with Crippen LogP contribution in [0.25, 0.3) is 11.1 Å². The van der Waals surface area contributed by atoms with Crippen molar-refractivity contribution in [3.05, 3.63) is 47.5 Å². The summed E-state index contributed by atoms with van der Waals surface area (Å²) >= 11 is 0. The van der Waals surface area contributed by atoms with Crippen molar-refractivity contribution in [3.8, 4) is 22.6 Å². The lowest BCUT2D eigenvalue weighted by molar-refractivity contribution is -0.137. The molecule has 0 saturated carbocycles. The van der Waals surface area contributed by atoms with E-state index in [1.54, 1.807) is 25.1 Å². The zero-order valence-electron chi connectivity index (χ0n) is 12.5.